The van der Waals surface area contributed by atoms with Crippen LogP contribution in [0.3, 0.4) is 0 Å². The zero-order valence-corrected chi connectivity index (χ0v) is 8.75. The summed E-state index contributed by atoms with van der Waals surface area (Å²) in [6, 6.07) is 3.99. The molecule has 0 fully saturated rings. The highest BCUT2D eigenvalue weighted by atomic mass is 15.3. The number of aromatic nitrogens is 4. The van der Waals surface area contributed by atoms with Gasteiger partial charge < -0.3 is 10.3 Å². The van der Waals surface area contributed by atoms with Crippen molar-refractivity contribution in [2.75, 3.05) is 5.73 Å². The highest BCUT2D eigenvalue weighted by molar-refractivity contribution is 5.58. The molecule has 5 nitrogen and oxygen atoms in total. The van der Waals surface area contributed by atoms with Crippen molar-refractivity contribution in [2.45, 2.75) is 19.9 Å². The molecule has 15 heavy (non-hydrogen) atoms. The lowest BCUT2D eigenvalue weighted by atomic mass is 10.2. The van der Waals surface area contributed by atoms with E-state index >= 15 is 0 Å². The van der Waals surface area contributed by atoms with Gasteiger partial charge in [0, 0.05) is 17.8 Å². The SMILES string of the molecule is CC(C)n1cnnc1-c1ccnc(N)c1. The number of hydrogen-bond donors (Lipinski definition) is 1. The van der Waals surface area contributed by atoms with Crippen LogP contribution in [0.25, 0.3) is 11.4 Å². The van der Waals surface area contributed by atoms with Gasteiger partial charge in [-0.15, -0.1) is 10.2 Å². The highest BCUT2D eigenvalue weighted by Crippen LogP contribution is 2.20. The Labute approximate surface area is 88.0 Å². The Bertz CT molecular complexity index is 460. The monoisotopic (exact) mass is 203 g/mol. The van der Waals surface area contributed by atoms with Crippen molar-refractivity contribution in [3.8, 4) is 11.4 Å². The van der Waals surface area contributed by atoms with Crippen molar-refractivity contribution in [1.82, 2.24) is 19.7 Å². The minimum atomic E-state index is 0.324. The van der Waals surface area contributed by atoms with E-state index in [-0.39, 0.29) is 0 Å². The molecular formula is C10H13N5. The maximum absolute atomic E-state index is 5.62. The summed E-state index contributed by atoms with van der Waals surface area (Å²) in [6.07, 6.45) is 3.39. The molecule has 0 atom stereocenters. The molecule has 2 heterocycles. The second-order valence-corrected chi connectivity index (χ2v) is 3.62. The van der Waals surface area contributed by atoms with Crippen LogP contribution in [0.1, 0.15) is 19.9 Å². The van der Waals surface area contributed by atoms with Crippen molar-refractivity contribution in [3.63, 3.8) is 0 Å². The zero-order chi connectivity index (χ0) is 10.8. The average Bonchev–Trinajstić information content (AvgIpc) is 2.65. The van der Waals surface area contributed by atoms with E-state index in [1.165, 1.54) is 0 Å². The fraction of sp³-hybridized carbons (Fsp3) is 0.300. The van der Waals surface area contributed by atoms with Crippen molar-refractivity contribution in [3.05, 3.63) is 24.7 Å². The van der Waals surface area contributed by atoms with Gasteiger partial charge in [-0.2, -0.15) is 0 Å². The molecule has 2 aromatic rings. The fourth-order valence-electron chi connectivity index (χ4n) is 1.41. The zero-order valence-electron chi connectivity index (χ0n) is 8.75. The first-order valence-electron chi connectivity index (χ1n) is 4.80. The molecule has 2 aromatic heterocycles. The van der Waals surface area contributed by atoms with Crippen LogP contribution < -0.4 is 5.73 Å². The van der Waals surface area contributed by atoms with Crippen molar-refractivity contribution >= 4 is 5.82 Å². The molecule has 0 radical (unpaired) electrons. The summed E-state index contributed by atoms with van der Waals surface area (Å²) in [5, 5.41) is 7.98. The largest absolute Gasteiger partial charge is 0.384 e. The lowest BCUT2D eigenvalue weighted by Gasteiger charge is -2.09. The summed E-state index contributed by atoms with van der Waals surface area (Å²) in [5.41, 5.74) is 6.56. The lowest BCUT2D eigenvalue weighted by Crippen LogP contribution is -2.02. The predicted molar refractivity (Wildman–Crippen MR) is 58.1 cm³/mol. The predicted octanol–water partition coefficient (Wildman–Crippen LogP) is 1.50. The molecule has 2 rings (SSSR count). The minimum Gasteiger partial charge on any atom is -0.384 e. The number of anilines is 1. The van der Waals surface area contributed by atoms with Gasteiger partial charge in [-0.25, -0.2) is 4.98 Å². The quantitative estimate of drug-likeness (QED) is 0.803. The summed E-state index contributed by atoms with van der Waals surface area (Å²) in [5.74, 6) is 1.31. The number of nitrogens with two attached hydrogens (primary N) is 1. The molecule has 5 heteroatoms. The number of pyridine rings is 1. The third-order valence-electron chi connectivity index (χ3n) is 2.17. The number of nitrogens with zero attached hydrogens (tertiary/aromatic N) is 4. The average molecular weight is 203 g/mol. The Morgan fingerprint density at radius 3 is 2.87 bits per heavy atom. The second kappa shape index (κ2) is 3.68. The lowest BCUT2D eigenvalue weighted by molar-refractivity contribution is 0.604. The second-order valence-electron chi connectivity index (χ2n) is 3.62. The summed E-state index contributed by atoms with van der Waals surface area (Å²) >= 11 is 0. The van der Waals surface area contributed by atoms with Crippen LogP contribution in [0.4, 0.5) is 5.82 Å². The van der Waals surface area contributed by atoms with Crippen LogP contribution in [-0.2, 0) is 0 Å². The topological polar surface area (TPSA) is 69.6 Å². The Kier molecular flexibility index (Phi) is 2.37. The molecule has 0 aliphatic carbocycles. The van der Waals surface area contributed by atoms with Gasteiger partial charge >= 0.3 is 0 Å². The fourth-order valence-corrected chi connectivity index (χ4v) is 1.41. The third kappa shape index (κ3) is 1.81. The van der Waals surface area contributed by atoms with Crippen LogP contribution in [0.15, 0.2) is 24.7 Å². The number of nitrogen functional groups attached to an aromatic ring is 1. The molecular weight excluding hydrogens is 190 g/mol. The number of hydrogen-bond acceptors (Lipinski definition) is 4. The Morgan fingerprint density at radius 2 is 2.20 bits per heavy atom. The maximum Gasteiger partial charge on any atom is 0.164 e. The first kappa shape index (κ1) is 9.64. The van der Waals surface area contributed by atoms with Gasteiger partial charge in [-0.1, -0.05) is 0 Å². The van der Waals surface area contributed by atoms with Gasteiger partial charge in [0.15, 0.2) is 5.82 Å². The first-order chi connectivity index (χ1) is 7.18. The van der Waals surface area contributed by atoms with E-state index in [0.29, 0.717) is 11.9 Å². The molecule has 0 unspecified atom stereocenters. The minimum absolute atomic E-state index is 0.324. The summed E-state index contributed by atoms with van der Waals surface area (Å²) in [4.78, 5) is 3.94. The van der Waals surface area contributed by atoms with Crippen molar-refractivity contribution < 1.29 is 0 Å². The van der Waals surface area contributed by atoms with Crippen LogP contribution >= 0.6 is 0 Å². The van der Waals surface area contributed by atoms with E-state index in [9.17, 15) is 0 Å². The maximum atomic E-state index is 5.62. The molecule has 0 aromatic carbocycles. The van der Waals surface area contributed by atoms with Gasteiger partial charge in [-0.3, -0.25) is 0 Å². The third-order valence-corrected chi connectivity index (χ3v) is 2.17. The smallest absolute Gasteiger partial charge is 0.164 e. The molecule has 2 N–H and O–H groups in total. The van der Waals surface area contributed by atoms with Crippen molar-refractivity contribution in [2.24, 2.45) is 0 Å². The van der Waals surface area contributed by atoms with Crippen LogP contribution in [0, 0.1) is 0 Å². The Morgan fingerprint density at radius 1 is 1.40 bits per heavy atom. The van der Waals surface area contributed by atoms with E-state index in [2.05, 4.69) is 29.0 Å². The normalized spacial score (nSPS) is 10.9. The molecule has 0 amide bonds. The van der Waals surface area contributed by atoms with Gasteiger partial charge in [-0.05, 0) is 26.0 Å². The van der Waals surface area contributed by atoms with Crippen LogP contribution in [0.2, 0.25) is 0 Å². The molecule has 0 saturated heterocycles. The Balaban J connectivity index is 2.49. The summed E-state index contributed by atoms with van der Waals surface area (Å²) in [7, 11) is 0. The van der Waals surface area contributed by atoms with Crippen molar-refractivity contribution in [1.29, 1.82) is 0 Å². The van der Waals surface area contributed by atoms with Gasteiger partial charge in [0.2, 0.25) is 0 Å². The molecule has 0 bridgehead atoms. The standard InChI is InChI=1S/C10H13N5/c1-7(2)15-6-13-14-10(15)8-3-4-12-9(11)5-8/h3-7H,1-2H3,(H2,11,12). The van der Waals surface area contributed by atoms with Gasteiger partial charge in [0.05, 0.1) is 0 Å². The highest BCUT2D eigenvalue weighted by Gasteiger charge is 2.09. The van der Waals surface area contributed by atoms with Crippen LogP contribution in [-0.4, -0.2) is 19.7 Å². The molecule has 0 aliphatic rings. The van der Waals surface area contributed by atoms with Gasteiger partial charge in [0.25, 0.3) is 0 Å². The van der Waals surface area contributed by atoms with Gasteiger partial charge in [0.1, 0.15) is 12.1 Å². The van der Waals surface area contributed by atoms with E-state index < -0.39 is 0 Å². The number of rotatable bonds is 2. The van der Waals surface area contributed by atoms with E-state index in [1.807, 2.05) is 10.6 Å². The molecule has 0 aliphatic heterocycles. The van der Waals surface area contributed by atoms with E-state index in [0.717, 1.165) is 11.4 Å². The summed E-state index contributed by atoms with van der Waals surface area (Å²) < 4.78 is 1.99. The first-order valence-corrected chi connectivity index (χ1v) is 4.80. The van der Waals surface area contributed by atoms with E-state index in [4.69, 9.17) is 5.73 Å². The van der Waals surface area contributed by atoms with E-state index in [1.54, 1.807) is 18.6 Å². The summed E-state index contributed by atoms with van der Waals surface area (Å²) in [6.45, 7) is 4.16. The molecule has 0 spiro atoms. The van der Waals surface area contributed by atoms with Crippen LogP contribution in [0.5, 0.6) is 0 Å². The molecule has 78 valence electrons. The molecule has 0 saturated carbocycles. The Hall–Kier alpha value is -1.91.